The van der Waals surface area contributed by atoms with E-state index in [-0.39, 0.29) is 5.56 Å². The average molecular weight is 227 g/mol. The van der Waals surface area contributed by atoms with Gasteiger partial charge in [0, 0.05) is 18.4 Å². The van der Waals surface area contributed by atoms with Gasteiger partial charge >= 0.3 is 0 Å². The highest BCUT2D eigenvalue weighted by molar-refractivity contribution is 5.18. The molecule has 0 radical (unpaired) electrons. The maximum Gasteiger partial charge on any atom is 0.147 e. The van der Waals surface area contributed by atoms with Gasteiger partial charge in [0.2, 0.25) is 0 Å². The van der Waals surface area contributed by atoms with Gasteiger partial charge in [0.05, 0.1) is 11.8 Å². The highest BCUT2D eigenvalue weighted by Gasteiger charge is 2.34. The van der Waals surface area contributed by atoms with Gasteiger partial charge in [-0.1, -0.05) is 6.92 Å². The zero-order valence-corrected chi connectivity index (χ0v) is 9.90. The van der Waals surface area contributed by atoms with Gasteiger partial charge in [-0.15, -0.1) is 0 Å². The van der Waals surface area contributed by atoms with Crippen LogP contribution in [0.1, 0.15) is 38.9 Å². The minimum atomic E-state index is -0.986. The topological polar surface area (TPSA) is 42.4 Å². The molecule has 1 rings (SSSR count). The summed E-state index contributed by atoms with van der Waals surface area (Å²) >= 11 is 0. The lowest BCUT2D eigenvalue weighted by molar-refractivity contribution is -0.114. The summed E-state index contributed by atoms with van der Waals surface area (Å²) in [5.74, 6) is -0.505. The second-order valence-electron chi connectivity index (χ2n) is 3.90. The zero-order chi connectivity index (χ0) is 12.2. The Balaban J connectivity index is 2.99. The number of pyridine rings is 1. The number of nitrogens with zero attached hydrogens (tertiary/aromatic N) is 1. The first kappa shape index (κ1) is 13.1. The van der Waals surface area contributed by atoms with Crippen LogP contribution in [0.3, 0.4) is 0 Å². The lowest BCUT2D eigenvalue weighted by Gasteiger charge is -2.33. The molecular formula is C12H18FNO2. The molecule has 1 N–H and O–H groups in total. The largest absolute Gasteiger partial charge is 0.385 e. The fourth-order valence-electron chi connectivity index (χ4n) is 1.64. The quantitative estimate of drug-likeness (QED) is 0.840. The minimum Gasteiger partial charge on any atom is -0.385 e. The molecule has 0 aliphatic carbocycles. The second-order valence-corrected chi connectivity index (χ2v) is 3.90. The first-order chi connectivity index (χ1) is 7.55. The number of ether oxygens (including phenoxy) is 1. The van der Waals surface area contributed by atoms with Crippen molar-refractivity contribution in [1.29, 1.82) is 0 Å². The summed E-state index contributed by atoms with van der Waals surface area (Å²) in [6.45, 7) is 6.01. The molecule has 0 saturated carbocycles. The van der Waals surface area contributed by atoms with Crippen LogP contribution in [0.4, 0.5) is 4.39 Å². The van der Waals surface area contributed by atoms with Gasteiger partial charge in [0.1, 0.15) is 11.9 Å². The molecule has 1 aromatic heterocycles. The summed E-state index contributed by atoms with van der Waals surface area (Å²) in [7, 11) is 0. The highest BCUT2D eigenvalue weighted by Crippen LogP contribution is 2.32. The molecular weight excluding hydrogens is 209 g/mol. The number of aliphatic hydroxyl groups is 1. The molecule has 0 amide bonds. The molecule has 3 nitrogen and oxygen atoms in total. The molecule has 0 saturated heterocycles. The molecule has 1 heterocycles. The van der Waals surface area contributed by atoms with E-state index in [9.17, 15) is 9.50 Å². The molecule has 2 atom stereocenters. The van der Waals surface area contributed by atoms with E-state index in [4.69, 9.17) is 4.74 Å². The average Bonchev–Trinajstić information content (AvgIpc) is 2.29. The fourth-order valence-corrected chi connectivity index (χ4v) is 1.64. The van der Waals surface area contributed by atoms with Crippen LogP contribution in [0.2, 0.25) is 0 Å². The lowest BCUT2D eigenvalue weighted by atomic mass is 9.90. The molecule has 16 heavy (non-hydrogen) atoms. The van der Waals surface area contributed by atoms with E-state index in [1.165, 1.54) is 12.3 Å². The van der Waals surface area contributed by atoms with Gasteiger partial charge in [-0.05, 0) is 26.3 Å². The van der Waals surface area contributed by atoms with Crippen LogP contribution in [-0.2, 0) is 4.74 Å². The number of aromatic nitrogens is 1. The standard InChI is InChI=1S/C12H18FNO2/c1-4-12(3,16-5-2)11(15)9-6-7-14-8-10(9)13/h6-8,11,15H,4-5H2,1-3H3. The Bertz CT molecular complexity index is 346. The molecule has 1 aromatic rings. The molecule has 0 bridgehead atoms. The fraction of sp³-hybridized carbons (Fsp3) is 0.583. The minimum absolute atomic E-state index is 0.229. The summed E-state index contributed by atoms with van der Waals surface area (Å²) in [6, 6.07) is 1.48. The van der Waals surface area contributed by atoms with E-state index >= 15 is 0 Å². The summed E-state index contributed by atoms with van der Waals surface area (Å²) in [4.78, 5) is 3.65. The molecule has 4 heteroatoms. The van der Waals surface area contributed by atoms with Crippen molar-refractivity contribution >= 4 is 0 Å². The Morgan fingerprint density at radius 2 is 2.25 bits per heavy atom. The van der Waals surface area contributed by atoms with Crippen molar-refractivity contribution in [2.24, 2.45) is 0 Å². The van der Waals surface area contributed by atoms with Crippen LogP contribution in [0.25, 0.3) is 0 Å². The van der Waals surface area contributed by atoms with Gasteiger partial charge < -0.3 is 9.84 Å². The van der Waals surface area contributed by atoms with Crippen LogP contribution < -0.4 is 0 Å². The van der Waals surface area contributed by atoms with E-state index in [1.807, 2.05) is 13.8 Å². The molecule has 0 aromatic carbocycles. The van der Waals surface area contributed by atoms with Gasteiger partial charge in [-0.2, -0.15) is 0 Å². The number of hydrogen-bond acceptors (Lipinski definition) is 3. The van der Waals surface area contributed by atoms with E-state index in [0.717, 1.165) is 6.20 Å². The maximum atomic E-state index is 13.5. The number of aliphatic hydroxyl groups excluding tert-OH is 1. The third-order valence-corrected chi connectivity index (χ3v) is 2.85. The molecule has 2 unspecified atom stereocenters. The molecule has 0 fully saturated rings. The summed E-state index contributed by atoms with van der Waals surface area (Å²) in [5, 5.41) is 10.2. The Hall–Kier alpha value is -1.00. The van der Waals surface area contributed by atoms with Gasteiger partial charge in [0.15, 0.2) is 0 Å². The molecule has 0 spiro atoms. The maximum absolute atomic E-state index is 13.5. The molecule has 0 aliphatic heterocycles. The Morgan fingerprint density at radius 3 is 2.75 bits per heavy atom. The van der Waals surface area contributed by atoms with Crippen LogP contribution in [0, 0.1) is 5.82 Å². The Kier molecular flexibility index (Phi) is 4.38. The number of hydrogen-bond donors (Lipinski definition) is 1. The summed E-state index contributed by atoms with van der Waals surface area (Å²) < 4.78 is 19.0. The normalized spacial score (nSPS) is 16.8. The number of rotatable bonds is 5. The Morgan fingerprint density at radius 1 is 1.56 bits per heavy atom. The first-order valence-electron chi connectivity index (χ1n) is 5.46. The van der Waals surface area contributed by atoms with Crippen molar-refractivity contribution in [3.63, 3.8) is 0 Å². The molecule has 0 aliphatic rings. The van der Waals surface area contributed by atoms with Crippen LogP contribution in [-0.4, -0.2) is 22.3 Å². The lowest BCUT2D eigenvalue weighted by Crippen LogP contribution is -2.36. The van der Waals surface area contributed by atoms with Crippen molar-refractivity contribution in [3.8, 4) is 0 Å². The van der Waals surface area contributed by atoms with Crippen molar-refractivity contribution in [3.05, 3.63) is 29.8 Å². The predicted molar refractivity (Wildman–Crippen MR) is 59.5 cm³/mol. The third kappa shape index (κ3) is 2.57. The van der Waals surface area contributed by atoms with Gasteiger partial charge in [-0.3, -0.25) is 4.98 Å². The second kappa shape index (κ2) is 5.37. The summed E-state index contributed by atoms with van der Waals surface area (Å²) in [5.41, 5.74) is -0.537. The number of halogens is 1. The molecule has 90 valence electrons. The third-order valence-electron chi connectivity index (χ3n) is 2.85. The van der Waals surface area contributed by atoms with Crippen molar-refractivity contribution < 1.29 is 14.2 Å². The van der Waals surface area contributed by atoms with Crippen molar-refractivity contribution in [1.82, 2.24) is 4.98 Å². The smallest absolute Gasteiger partial charge is 0.147 e. The zero-order valence-electron chi connectivity index (χ0n) is 9.90. The van der Waals surface area contributed by atoms with E-state index in [2.05, 4.69) is 4.98 Å². The SMILES string of the molecule is CCOC(C)(CC)C(O)c1ccncc1F. The highest BCUT2D eigenvalue weighted by atomic mass is 19.1. The van der Waals surface area contributed by atoms with Crippen molar-refractivity contribution in [2.75, 3.05) is 6.61 Å². The van der Waals surface area contributed by atoms with Crippen LogP contribution in [0.15, 0.2) is 18.5 Å². The first-order valence-corrected chi connectivity index (χ1v) is 5.46. The van der Waals surface area contributed by atoms with Gasteiger partial charge in [0.25, 0.3) is 0 Å². The van der Waals surface area contributed by atoms with E-state index < -0.39 is 17.5 Å². The predicted octanol–water partition coefficient (Wildman–Crippen LogP) is 2.46. The monoisotopic (exact) mass is 227 g/mol. The van der Waals surface area contributed by atoms with Crippen LogP contribution in [0.5, 0.6) is 0 Å². The van der Waals surface area contributed by atoms with E-state index in [1.54, 1.807) is 6.92 Å². The van der Waals surface area contributed by atoms with E-state index in [0.29, 0.717) is 13.0 Å². The van der Waals surface area contributed by atoms with Crippen LogP contribution >= 0.6 is 0 Å². The van der Waals surface area contributed by atoms with Crippen molar-refractivity contribution in [2.45, 2.75) is 38.9 Å². The van der Waals surface area contributed by atoms with Gasteiger partial charge in [-0.25, -0.2) is 4.39 Å². The Labute approximate surface area is 95.3 Å². The summed E-state index contributed by atoms with van der Waals surface area (Å²) in [6.07, 6.45) is 2.18.